The SMILES string of the molecule is COc1cc(/C(C)=N\Nc2ccccc2[N+](=O)[O-])cc(OC)c1OC. The van der Waals surface area contributed by atoms with Crippen LogP contribution in [0.4, 0.5) is 11.4 Å². The number of rotatable bonds is 7. The highest BCUT2D eigenvalue weighted by Gasteiger charge is 2.15. The summed E-state index contributed by atoms with van der Waals surface area (Å²) in [6.45, 7) is 1.77. The molecule has 2 rings (SSSR count). The molecule has 25 heavy (non-hydrogen) atoms. The van der Waals surface area contributed by atoms with Crippen molar-refractivity contribution in [1.29, 1.82) is 0 Å². The number of nitrogens with one attached hydrogen (secondary N) is 1. The molecule has 0 amide bonds. The Bertz CT molecular complexity index is 780. The maximum absolute atomic E-state index is 11.0. The van der Waals surface area contributed by atoms with Gasteiger partial charge >= 0.3 is 0 Å². The standard InChI is InChI=1S/C17H19N3O5/c1-11(18-19-13-7-5-6-8-14(13)20(21)22)12-9-15(23-2)17(25-4)16(10-12)24-3/h5-10,19H,1-4H3/b18-11-. The fourth-order valence-corrected chi connectivity index (χ4v) is 2.23. The number of hydrogen-bond donors (Lipinski definition) is 1. The van der Waals surface area contributed by atoms with Crippen molar-refractivity contribution in [3.05, 3.63) is 52.1 Å². The lowest BCUT2D eigenvalue weighted by Crippen LogP contribution is -2.04. The van der Waals surface area contributed by atoms with Gasteiger partial charge in [0.05, 0.1) is 32.0 Å². The molecule has 0 heterocycles. The second kappa shape index (κ2) is 8.00. The van der Waals surface area contributed by atoms with Crippen molar-refractivity contribution in [3.63, 3.8) is 0 Å². The molecule has 8 nitrogen and oxygen atoms in total. The lowest BCUT2D eigenvalue weighted by Gasteiger charge is -2.14. The first-order chi connectivity index (χ1) is 12.0. The predicted molar refractivity (Wildman–Crippen MR) is 95.0 cm³/mol. The minimum atomic E-state index is -0.466. The number of nitro groups is 1. The van der Waals surface area contributed by atoms with E-state index in [9.17, 15) is 10.1 Å². The zero-order valence-electron chi connectivity index (χ0n) is 14.4. The molecule has 0 aliphatic heterocycles. The molecule has 0 radical (unpaired) electrons. The molecule has 8 heteroatoms. The van der Waals surface area contributed by atoms with Gasteiger partial charge in [0.25, 0.3) is 5.69 Å². The van der Waals surface area contributed by atoms with E-state index < -0.39 is 4.92 Å². The van der Waals surface area contributed by atoms with E-state index in [2.05, 4.69) is 10.5 Å². The number of benzene rings is 2. The third-order valence-corrected chi connectivity index (χ3v) is 3.53. The molecule has 0 atom stereocenters. The van der Waals surface area contributed by atoms with E-state index in [4.69, 9.17) is 14.2 Å². The van der Waals surface area contributed by atoms with Crippen molar-refractivity contribution < 1.29 is 19.1 Å². The van der Waals surface area contributed by atoms with Crippen LogP contribution in [0.25, 0.3) is 0 Å². The first kappa shape index (κ1) is 18.1. The number of anilines is 1. The molecule has 0 saturated heterocycles. The summed E-state index contributed by atoms with van der Waals surface area (Å²) in [4.78, 5) is 10.6. The smallest absolute Gasteiger partial charge is 0.294 e. The van der Waals surface area contributed by atoms with Crippen LogP contribution in [0.15, 0.2) is 41.5 Å². The van der Waals surface area contributed by atoms with Gasteiger partial charge in [-0.2, -0.15) is 5.10 Å². The number of nitro benzene ring substituents is 1. The van der Waals surface area contributed by atoms with Gasteiger partial charge in [-0.15, -0.1) is 0 Å². The number of methoxy groups -OCH3 is 3. The van der Waals surface area contributed by atoms with Gasteiger partial charge in [-0.1, -0.05) is 12.1 Å². The van der Waals surface area contributed by atoms with E-state index >= 15 is 0 Å². The Balaban J connectivity index is 2.36. The van der Waals surface area contributed by atoms with Crippen LogP contribution >= 0.6 is 0 Å². The van der Waals surface area contributed by atoms with E-state index in [-0.39, 0.29) is 5.69 Å². The molecule has 0 aliphatic rings. The predicted octanol–water partition coefficient (Wildman–Crippen LogP) is 3.46. The number of nitrogens with zero attached hydrogens (tertiary/aromatic N) is 2. The summed E-state index contributed by atoms with van der Waals surface area (Å²) in [5.41, 5.74) is 4.30. The Morgan fingerprint density at radius 1 is 1.08 bits per heavy atom. The van der Waals surface area contributed by atoms with Crippen LogP contribution in [0.3, 0.4) is 0 Å². The van der Waals surface area contributed by atoms with Crippen molar-refractivity contribution in [2.75, 3.05) is 26.8 Å². The third kappa shape index (κ3) is 3.97. The van der Waals surface area contributed by atoms with Gasteiger partial charge in [-0.3, -0.25) is 15.5 Å². The molecule has 0 unspecified atom stereocenters. The molecule has 2 aromatic rings. The molecule has 0 fully saturated rings. The fraction of sp³-hybridized carbons (Fsp3) is 0.235. The van der Waals surface area contributed by atoms with Crippen LogP contribution in [0.2, 0.25) is 0 Å². The van der Waals surface area contributed by atoms with Crippen LogP contribution in [-0.2, 0) is 0 Å². The quantitative estimate of drug-likeness (QED) is 0.469. The normalized spacial score (nSPS) is 11.0. The average Bonchev–Trinajstić information content (AvgIpc) is 2.64. The summed E-state index contributed by atoms with van der Waals surface area (Å²) in [5, 5.41) is 15.3. The van der Waals surface area contributed by atoms with Crippen LogP contribution in [0.5, 0.6) is 17.2 Å². The summed E-state index contributed by atoms with van der Waals surface area (Å²) < 4.78 is 15.9. The molecular formula is C17H19N3O5. The second-order valence-electron chi connectivity index (χ2n) is 5.00. The maximum Gasteiger partial charge on any atom is 0.294 e. The summed E-state index contributed by atoms with van der Waals surface area (Å²) in [6.07, 6.45) is 0. The number of hydrazone groups is 1. The van der Waals surface area contributed by atoms with Crippen LogP contribution in [0.1, 0.15) is 12.5 Å². The van der Waals surface area contributed by atoms with Gasteiger partial charge in [-0.25, -0.2) is 0 Å². The lowest BCUT2D eigenvalue weighted by atomic mass is 10.1. The van der Waals surface area contributed by atoms with Gasteiger partial charge in [0.15, 0.2) is 11.5 Å². The summed E-state index contributed by atoms with van der Waals surface area (Å²) in [7, 11) is 4.58. The highest BCUT2D eigenvalue weighted by atomic mass is 16.6. The molecule has 0 saturated carbocycles. The first-order valence-corrected chi connectivity index (χ1v) is 7.36. The fourth-order valence-electron chi connectivity index (χ4n) is 2.23. The molecule has 0 aromatic heterocycles. The molecule has 0 bridgehead atoms. The molecule has 0 aliphatic carbocycles. The van der Waals surface area contributed by atoms with Crippen molar-refractivity contribution in [2.45, 2.75) is 6.92 Å². The number of para-hydroxylation sites is 2. The van der Waals surface area contributed by atoms with Crippen LogP contribution in [-0.4, -0.2) is 32.0 Å². The Morgan fingerprint density at radius 2 is 1.68 bits per heavy atom. The monoisotopic (exact) mass is 345 g/mol. The van der Waals surface area contributed by atoms with E-state index in [0.29, 0.717) is 28.6 Å². The maximum atomic E-state index is 11.0. The van der Waals surface area contributed by atoms with Crippen molar-refractivity contribution in [3.8, 4) is 17.2 Å². The number of hydrogen-bond acceptors (Lipinski definition) is 7. The Hall–Kier alpha value is -3.29. The van der Waals surface area contributed by atoms with Crippen molar-refractivity contribution >= 4 is 17.1 Å². The van der Waals surface area contributed by atoms with Gasteiger partial charge in [-0.05, 0) is 25.1 Å². The zero-order valence-corrected chi connectivity index (χ0v) is 14.4. The zero-order chi connectivity index (χ0) is 18.4. The van der Waals surface area contributed by atoms with Crippen molar-refractivity contribution in [1.82, 2.24) is 0 Å². The summed E-state index contributed by atoms with van der Waals surface area (Å²) in [6, 6.07) is 9.79. The van der Waals surface area contributed by atoms with E-state index in [1.54, 1.807) is 37.3 Å². The highest BCUT2D eigenvalue weighted by Crippen LogP contribution is 2.38. The Labute approximate surface area is 145 Å². The third-order valence-electron chi connectivity index (χ3n) is 3.53. The Morgan fingerprint density at radius 3 is 2.20 bits per heavy atom. The van der Waals surface area contributed by atoms with E-state index in [1.165, 1.54) is 27.4 Å². The molecule has 132 valence electrons. The lowest BCUT2D eigenvalue weighted by molar-refractivity contribution is -0.384. The van der Waals surface area contributed by atoms with Gasteiger partial charge in [0.2, 0.25) is 5.75 Å². The van der Waals surface area contributed by atoms with Crippen molar-refractivity contribution in [2.24, 2.45) is 5.10 Å². The molecular weight excluding hydrogens is 326 g/mol. The highest BCUT2D eigenvalue weighted by molar-refractivity contribution is 6.00. The molecule has 2 aromatic carbocycles. The van der Waals surface area contributed by atoms with Crippen LogP contribution < -0.4 is 19.6 Å². The summed E-state index contributed by atoms with van der Waals surface area (Å²) in [5.74, 6) is 1.47. The minimum absolute atomic E-state index is 0.0519. The first-order valence-electron chi connectivity index (χ1n) is 7.36. The van der Waals surface area contributed by atoms with E-state index in [0.717, 1.165) is 5.56 Å². The van der Waals surface area contributed by atoms with Gasteiger partial charge in [0, 0.05) is 11.6 Å². The number of ether oxygens (including phenoxy) is 3. The molecule has 0 spiro atoms. The largest absolute Gasteiger partial charge is 0.493 e. The summed E-state index contributed by atoms with van der Waals surface area (Å²) >= 11 is 0. The topological polar surface area (TPSA) is 95.2 Å². The average molecular weight is 345 g/mol. The van der Waals surface area contributed by atoms with Gasteiger partial charge in [0.1, 0.15) is 5.69 Å². The minimum Gasteiger partial charge on any atom is -0.493 e. The second-order valence-corrected chi connectivity index (χ2v) is 5.00. The van der Waals surface area contributed by atoms with Gasteiger partial charge < -0.3 is 14.2 Å². The molecule has 1 N–H and O–H groups in total. The van der Waals surface area contributed by atoms with E-state index in [1.807, 2.05) is 0 Å². The Kier molecular flexibility index (Phi) is 5.78. The van der Waals surface area contributed by atoms with Crippen LogP contribution in [0, 0.1) is 10.1 Å².